The highest BCUT2D eigenvalue weighted by molar-refractivity contribution is 6.08. The molecule has 2 unspecified atom stereocenters. The van der Waals surface area contributed by atoms with Gasteiger partial charge in [0.25, 0.3) is 5.91 Å². The van der Waals surface area contributed by atoms with Gasteiger partial charge in [0, 0.05) is 36.3 Å². The number of fused-ring (bicyclic) bond motifs is 2. The zero-order chi connectivity index (χ0) is 18.6. The molecule has 2 aliphatic rings. The first-order chi connectivity index (χ1) is 13.2. The highest BCUT2D eigenvalue weighted by Gasteiger charge is 2.31. The van der Waals surface area contributed by atoms with E-state index in [4.69, 9.17) is 4.74 Å². The van der Waals surface area contributed by atoms with Gasteiger partial charge in [0.1, 0.15) is 5.75 Å². The summed E-state index contributed by atoms with van der Waals surface area (Å²) in [5.41, 5.74) is 1.26. The quantitative estimate of drug-likeness (QED) is 0.829. The molecular weight excluding hydrogens is 340 g/mol. The molecule has 2 bridgehead atoms. The molecule has 2 saturated heterocycles. The number of rotatable bonds is 5. The van der Waals surface area contributed by atoms with Crippen LogP contribution in [0.25, 0.3) is 0 Å². The third-order valence-electron chi connectivity index (χ3n) is 5.39. The van der Waals surface area contributed by atoms with Crippen LogP contribution in [-0.4, -0.2) is 48.4 Å². The smallest absolute Gasteiger partial charge is 0.260 e. The molecule has 0 saturated carbocycles. The SMILES string of the molecule is O=C(c1ccccc1)c1ccc(OCC(=O)N2CCC3CCC(C2)N3)cc1. The minimum Gasteiger partial charge on any atom is -0.484 e. The fraction of sp³-hybridized carbons (Fsp3) is 0.364. The molecule has 140 valence electrons. The third-order valence-corrected chi connectivity index (χ3v) is 5.39. The number of hydrogen-bond donors (Lipinski definition) is 1. The van der Waals surface area contributed by atoms with Crippen LogP contribution in [0.3, 0.4) is 0 Å². The maximum absolute atomic E-state index is 12.5. The summed E-state index contributed by atoms with van der Waals surface area (Å²) >= 11 is 0. The topological polar surface area (TPSA) is 58.6 Å². The second-order valence-corrected chi connectivity index (χ2v) is 7.27. The number of ketones is 1. The van der Waals surface area contributed by atoms with E-state index >= 15 is 0 Å². The summed E-state index contributed by atoms with van der Waals surface area (Å²) in [6.45, 7) is 1.59. The number of nitrogens with zero attached hydrogens (tertiary/aromatic N) is 1. The first-order valence-electron chi connectivity index (χ1n) is 9.55. The minimum absolute atomic E-state index is 0.0220. The highest BCUT2D eigenvalue weighted by atomic mass is 16.5. The van der Waals surface area contributed by atoms with Crippen LogP contribution in [0.1, 0.15) is 35.2 Å². The van der Waals surface area contributed by atoms with Crippen molar-refractivity contribution in [2.24, 2.45) is 0 Å². The molecule has 2 aliphatic heterocycles. The zero-order valence-corrected chi connectivity index (χ0v) is 15.3. The van der Waals surface area contributed by atoms with E-state index in [-0.39, 0.29) is 18.3 Å². The molecule has 2 aromatic rings. The molecule has 0 aliphatic carbocycles. The summed E-state index contributed by atoms with van der Waals surface area (Å²) in [6.07, 6.45) is 3.38. The van der Waals surface area contributed by atoms with Crippen LogP contribution < -0.4 is 10.1 Å². The highest BCUT2D eigenvalue weighted by Crippen LogP contribution is 2.21. The molecule has 4 rings (SSSR count). The maximum Gasteiger partial charge on any atom is 0.260 e. The molecule has 2 heterocycles. The lowest BCUT2D eigenvalue weighted by atomic mass is 10.0. The van der Waals surface area contributed by atoms with Crippen LogP contribution in [0, 0.1) is 0 Å². The fourth-order valence-corrected chi connectivity index (χ4v) is 3.86. The summed E-state index contributed by atoms with van der Waals surface area (Å²) in [5, 5.41) is 3.58. The Balaban J connectivity index is 1.32. The van der Waals surface area contributed by atoms with E-state index in [0.29, 0.717) is 29.0 Å². The predicted molar refractivity (Wildman–Crippen MR) is 103 cm³/mol. The van der Waals surface area contributed by atoms with Gasteiger partial charge in [-0.2, -0.15) is 0 Å². The van der Waals surface area contributed by atoms with Crippen molar-refractivity contribution in [1.29, 1.82) is 0 Å². The first kappa shape index (κ1) is 17.7. The van der Waals surface area contributed by atoms with E-state index in [1.165, 1.54) is 6.42 Å². The molecule has 1 amide bonds. The van der Waals surface area contributed by atoms with Crippen LogP contribution in [0.5, 0.6) is 5.75 Å². The van der Waals surface area contributed by atoms with Gasteiger partial charge in [0.15, 0.2) is 12.4 Å². The zero-order valence-electron chi connectivity index (χ0n) is 15.3. The average molecular weight is 364 g/mol. The summed E-state index contributed by atoms with van der Waals surface area (Å²) in [4.78, 5) is 26.8. The first-order valence-corrected chi connectivity index (χ1v) is 9.55. The lowest BCUT2D eigenvalue weighted by molar-refractivity contribution is -0.133. The molecule has 2 aromatic carbocycles. The monoisotopic (exact) mass is 364 g/mol. The molecule has 1 N–H and O–H groups in total. The van der Waals surface area contributed by atoms with E-state index in [2.05, 4.69) is 5.32 Å². The summed E-state index contributed by atoms with van der Waals surface area (Å²) in [7, 11) is 0. The van der Waals surface area contributed by atoms with Gasteiger partial charge in [-0.3, -0.25) is 9.59 Å². The van der Waals surface area contributed by atoms with Crippen LogP contribution in [0.4, 0.5) is 0 Å². The largest absolute Gasteiger partial charge is 0.484 e. The molecule has 5 heteroatoms. The Labute approximate surface area is 159 Å². The van der Waals surface area contributed by atoms with E-state index in [1.807, 2.05) is 23.1 Å². The lowest BCUT2D eigenvalue weighted by Gasteiger charge is -2.24. The van der Waals surface area contributed by atoms with Gasteiger partial charge in [-0.25, -0.2) is 0 Å². The Bertz CT molecular complexity index is 804. The van der Waals surface area contributed by atoms with E-state index in [0.717, 1.165) is 25.9 Å². The Morgan fingerprint density at radius 1 is 0.926 bits per heavy atom. The van der Waals surface area contributed by atoms with Crippen molar-refractivity contribution in [3.63, 3.8) is 0 Å². The van der Waals surface area contributed by atoms with E-state index in [1.54, 1.807) is 36.4 Å². The van der Waals surface area contributed by atoms with Gasteiger partial charge in [0.05, 0.1) is 0 Å². The number of ether oxygens (including phenoxy) is 1. The van der Waals surface area contributed by atoms with E-state index in [9.17, 15) is 9.59 Å². The lowest BCUT2D eigenvalue weighted by Crippen LogP contribution is -2.41. The molecule has 2 atom stereocenters. The minimum atomic E-state index is -0.0228. The van der Waals surface area contributed by atoms with Crippen molar-refractivity contribution < 1.29 is 14.3 Å². The Morgan fingerprint density at radius 3 is 2.41 bits per heavy atom. The molecule has 0 spiro atoms. The molecule has 2 fully saturated rings. The van der Waals surface area contributed by atoms with Crippen molar-refractivity contribution in [2.45, 2.75) is 31.3 Å². The number of benzene rings is 2. The van der Waals surface area contributed by atoms with Crippen LogP contribution in [-0.2, 0) is 4.79 Å². The van der Waals surface area contributed by atoms with Crippen LogP contribution >= 0.6 is 0 Å². The van der Waals surface area contributed by atoms with Gasteiger partial charge in [-0.15, -0.1) is 0 Å². The van der Waals surface area contributed by atoms with Gasteiger partial charge in [-0.1, -0.05) is 30.3 Å². The predicted octanol–water partition coefficient (Wildman–Crippen LogP) is 2.65. The van der Waals surface area contributed by atoms with Gasteiger partial charge >= 0.3 is 0 Å². The van der Waals surface area contributed by atoms with Crippen molar-refractivity contribution in [1.82, 2.24) is 10.2 Å². The third kappa shape index (κ3) is 4.19. The summed E-state index contributed by atoms with van der Waals surface area (Å²) in [6, 6.07) is 17.1. The fourth-order valence-electron chi connectivity index (χ4n) is 3.86. The molecule has 0 aromatic heterocycles. The Morgan fingerprint density at radius 2 is 1.63 bits per heavy atom. The van der Waals surface area contributed by atoms with Crippen molar-refractivity contribution in [3.8, 4) is 5.75 Å². The number of likely N-dealkylation sites (tertiary alicyclic amines) is 1. The maximum atomic E-state index is 12.5. The molecule has 0 radical (unpaired) electrons. The number of nitrogens with one attached hydrogen (secondary N) is 1. The van der Waals surface area contributed by atoms with Gasteiger partial charge < -0.3 is 15.0 Å². The molecule has 5 nitrogen and oxygen atoms in total. The van der Waals surface area contributed by atoms with E-state index < -0.39 is 0 Å². The summed E-state index contributed by atoms with van der Waals surface area (Å²) in [5.74, 6) is 0.599. The Kier molecular flexibility index (Phi) is 5.21. The van der Waals surface area contributed by atoms with Crippen molar-refractivity contribution in [2.75, 3.05) is 19.7 Å². The standard InChI is InChI=1S/C22H24N2O3/c25-21(24-13-12-18-8-9-19(14-24)23-18)15-27-20-10-6-17(7-11-20)22(26)16-4-2-1-3-5-16/h1-7,10-11,18-19,23H,8-9,12-15H2. The number of amides is 1. The Hall–Kier alpha value is -2.66. The number of hydrogen-bond acceptors (Lipinski definition) is 4. The normalized spacial score (nSPS) is 21.6. The number of carbonyl (C=O) groups is 2. The van der Waals surface area contributed by atoms with Crippen LogP contribution in [0.15, 0.2) is 54.6 Å². The molecule has 27 heavy (non-hydrogen) atoms. The number of carbonyl (C=O) groups excluding carboxylic acids is 2. The van der Waals surface area contributed by atoms with Crippen molar-refractivity contribution in [3.05, 3.63) is 65.7 Å². The van der Waals surface area contributed by atoms with Crippen LogP contribution in [0.2, 0.25) is 0 Å². The van der Waals surface area contributed by atoms with Gasteiger partial charge in [-0.05, 0) is 43.5 Å². The van der Waals surface area contributed by atoms with Gasteiger partial charge in [0.2, 0.25) is 0 Å². The van der Waals surface area contributed by atoms with Crippen molar-refractivity contribution >= 4 is 11.7 Å². The second kappa shape index (κ2) is 7.92. The summed E-state index contributed by atoms with van der Waals surface area (Å²) < 4.78 is 5.66. The molecular formula is C22H24N2O3. The second-order valence-electron chi connectivity index (χ2n) is 7.27. The average Bonchev–Trinajstić information content (AvgIpc) is 3.05.